The van der Waals surface area contributed by atoms with E-state index in [0.29, 0.717) is 12.8 Å². The number of ether oxygens (including phenoxy) is 2. The number of carbonyl (C=O) groups is 2. The molecule has 1 N–H and O–H groups in total. The van der Waals surface area contributed by atoms with Gasteiger partial charge in [0, 0.05) is 12.8 Å². The van der Waals surface area contributed by atoms with E-state index in [4.69, 9.17) is 9.47 Å². The SMILES string of the molecule is CC(C)CCCCCCCCCCCCCCCCCC(=O)O[C@@H](CO)COC(=O)CCCCCCCCC(C)C. The topological polar surface area (TPSA) is 72.8 Å². The normalized spacial score (nSPS) is 12.3. The van der Waals surface area contributed by atoms with Gasteiger partial charge in [0.25, 0.3) is 0 Å². The minimum absolute atomic E-state index is 0.0608. The third-order valence-electron chi connectivity index (χ3n) is 8.01. The van der Waals surface area contributed by atoms with E-state index in [1.54, 1.807) is 0 Å². The zero-order valence-corrected chi connectivity index (χ0v) is 27.9. The number of rotatable bonds is 31. The first-order valence-corrected chi connectivity index (χ1v) is 17.8. The Kier molecular flexibility index (Phi) is 29.5. The highest BCUT2D eigenvalue weighted by Crippen LogP contribution is 2.16. The molecule has 0 amide bonds. The van der Waals surface area contributed by atoms with Crippen molar-refractivity contribution in [2.75, 3.05) is 13.2 Å². The Labute approximate surface area is 255 Å². The van der Waals surface area contributed by atoms with Crippen molar-refractivity contribution in [3.05, 3.63) is 0 Å². The van der Waals surface area contributed by atoms with E-state index < -0.39 is 6.10 Å². The molecule has 0 aliphatic rings. The van der Waals surface area contributed by atoms with Crippen LogP contribution in [-0.2, 0) is 19.1 Å². The minimum atomic E-state index is -0.762. The van der Waals surface area contributed by atoms with Gasteiger partial charge >= 0.3 is 11.9 Å². The van der Waals surface area contributed by atoms with Gasteiger partial charge in [-0.3, -0.25) is 9.59 Å². The van der Waals surface area contributed by atoms with Crippen LogP contribution >= 0.6 is 0 Å². The van der Waals surface area contributed by atoms with Gasteiger partial charge in [0.05, 0.1) is 6.61 Å². The average molecular weight is 583 g/mol. The summed E-state index contributed by atoms with van der Waals surface area (Å²) in [6.45, 7) is 8.77. The van der Waals surface area contributed by atoms with Crippen molar-refractivity contribution in [2.45, 2.75) is 194 Å². The number of unbranched alkanes of at least 4 members (excludes halogenated alkanes) is 19. The van der Waals surface area contributed by atoms with E-state index in [2.05, 4.69) is 27.7 Å². The second kappa shape index (κ2) is 30.4. The van der Waals surface area contributed by atoms with Crippen LogP contribution in [0.2, 0.25) is 0 Å². The summed E-state index contributed by atoms with van der Waals surface area (Å²) in [6, 6.07) is 0. The van der Waals surface area contributed by atoms with E-state index in [1.165, 1.54) is 109 Å². The van der Waals surface area contributed by atoms with Gasteiger partial charge in [-0.15, -0.1) is 0 Å². The van der Waals surface area contributed by atoms with Gasteiger partial charge in [-0.25, -0.2) is 0 Å². The second-order valence-electron chi connectivity index (χ2n) is 13.3. The van der Waals surface area contributed by atoms with Crippen molar-refractivity contribution < 1.29 is 24.2 Å². The van der Waals surface area contributed by atoms with Gasteiger partial charge in [0.1, 0.15) is 6.61 Å². The quantitative estimate of drug-likeness (QED) is 0.0650. The lowest BCUT2D eigenvalue weighted by Gasteiger charge is -2.15. The Morgan fingerprint density at radius 2 is 0.805 bits per heavy atom. The van der Waals surface area contributed by atoms with E-state index in [0.717, 1.165) is 50.4 Å². The maximum absolute atomic E-state index is 12.1. The number of aliphatic hydroxyl groups is 1. The molecule has 0 bridgehead atoms. The molecule has 5 nitrogen and oxygen atoms in total. The van der Waals surface area contributed by atoms with Gasteiger partial charge in [0.2, 0.25) is 0 Å². The first-order chi connectivity index (χ1) is 19.8. The Morgan fingerprint density at radius 3 is 1.15 bits per heavy atom. The van der Waals surface area contributed by atoms with Crippen LogP contribution in [0.3, 0.4) is 0 Å². The molecule has 0 rings (SSSR count). The molecule has 0 aromatic heterocycles. The predicted octanol–water partition coefficient (Wildman–Crippen LogP) is 10.5. The van der Waals surface area contributed by atoms with E-state index >= 15 is 0 Å². The highest BCUT2D eigenvalue weighted by atomic mass is 16.6. The van der Waals surface area contributed by atoms with Crippen molar-refractivity contribution in [1.29, 1.82) is 0 Å². The summed E-state index contributed by atoms with van der Waals surface area (Å²) in [6.07, 6.45) is 28.9. The van der Waals surface area contributed by atoms with Crippen LogP contribution in [0.4, 0.5) is 0 Å². The Balaban J connectivity index is 3.50. The van der Waals surface area contributed by atoms with E-state index in [1.807, 2.05) is 0 Å². The number of esters is 2. The number of carbonyl (C=O) groups excluding carboxylic acids is 2. The van der Waals surface area contributed by atoms with Gasteiger partial charge in [-0.2, -0.15) is 0 Å². The third kappa shape index (κ3) is 31.7. The van der Waals surface area contributed by atoms with Crippen LogP contribution in [-0.4, -0.2) is 36.4 Å². The fraction of sp³-hybridized carbons (Fsp3) is 0.944. The third-order valence-corrected chi connectivity index (χ3v) is 8.01. The van der Waals surface area contributed by atoms with Crippen molar-refractivity contribution in [1.82, 2.24) is 0 Å². The molecule has 0 fully saturated rings. The molecule has 0 aliphatic heterocycles. The summed E-state index contributed by atoms with van der Waals surface area (Å²) in [5.41, 5.74) is 0. The molecule has 0 saturated heterocycles. The van der Waals surface area contributed by atoms with Crippen molar-refractivity contribution in [3.8, 4) is 0 Å². The summed E-state index contributed by atoms with van der Waals surface area (Å²) in [5.74, 6) is 1.05. The average Bonchev–Trinajstić information content (AvgIpc) is 2.93. The largest absolute Gasteiger partial charge is 0.462 e. The van der Waals surface area contributed by atoms with Crippen LogP contribution in [0.25, 0.3) is 0 Å². The smallest absolute Gasteiger partial charge is 0.306 e. The van der Waals surface area contributed by atoms with Crippen molar-refractivity contribution in [2.24, 2.45) is 11.8 Å². The van der Waals surface area contributed by atoms with Gasteiger partial charge in [0.15, 0.2) is 6.10 Å². The number of hydrogen-bond acceptors (Lipinski definition) is 5. The molecule has 0 aliphatic carbocycles. The molecule has 0 aromatic rings. The zero-order chi connectivity index (χ0) is 30.4. The van der Waals surface area contributed by atoms with Crippen molar-refractivity contribution in [3.63, 3.8) is 0 Å². The van der Waals surface area contributed by atoms with Gasteiger partial charge in [-0.05, 0) is 24.7 Å². The summed E-state index contributed by atoms with van der Waals surface area (Å²) in [7, 11) is 0. The molecule has 0 heterocycles. The van der Waals surface area contributed by atoms with Crippen molar-refractivity contribution >= 4 is 11.9 Å². The number of aliphatic hydroxyl groups excluding tert-OH is 1. The second-order valence-corrected chi connectivity index (χ2v) is 13.3. The summed E-state index contributed by atoms with van der Waals surface area (Å²) in [5, 5.41) is 9.50. The maximum Gasteiger partial charge on any atom is 0.306 e. The maximum atomic E-state index is 12.1. The molecule has 0 spiro atoms. The van der Waals surface area contributed by atoms with Gasteiger partial charge < -0.3 is 14.6 Å². The Hall–Kier alpha value is -1.10. The fourth-order valence-corrected chi connectivity index (χ4v) is 5.28. The van der Waals surface area contributed by atoms with E-state index in [9.17, 15) is 14.7 Å². The van der Waals surface area contributed by atoms with Crippen LogP contribution in [0.5, 0.6) is 0 Å². The lowest BCUT2D eigenvalue weighted by atomic mass is 10.0. The highest BCUT2D eigenvalue weighted by molar-refractivity contribution is 5.70. The van der Waals surface area contributed by atoms with Gasteiger partial charge in [-0.1, -0.05) is 163 Å². The molecule has 41 heavy (non-hydrogen) atoms. The number of hydrogen-bond donors (Lipinski definition) is 1. The fourth-order valence-electron chi connectivity index (χ4n) is 5.28. The molecular weight excluding hydrogens is 512 g/mol. The Bertz CT molecular complexity index is 574. The molecule has 1 atom stereocenters. The van der Waals surface area contributed by atoms with Crippen LogP contribution in [0.15, 0.2) is 0 Å². The van der Waals surface area contributed by atoms with Crippen LogP contribution < -0.4 is 0 Å². The molecule has 0 saturated carbocycles. The lowest BCUT2D eigenvalue weighted by Crippen LogP contribution is -2.28. The molecule has 0 radical (unpaired) electrons. The minimum Gasteiger partial charge on any atom is -0.462 e. The highest BCUT2D eigenvalue weighted by Gasteiger charge is 2.16. The summed E-state index contributed by atoms with van der Waals surface area (Å²) < 4.78 is 10.5. The molecule has 5 heteroatoms. The lowest BCUT2D eigenvalue weighted by molar-refractivity contribution is -0.161. The monoisotopic (exact) mass is 583 g/mol. The first-order valence-electron chi connectivity index (χ1n) is 17.8. The molecule has 0 aromatic carbocycles. The Morgan fingerprint density at radius 1 is 0.488 bits per heavy atom. The summed E-state index contributed by atoms with van der Waals surface area (Å²) in [4.78, 5) is 24.1. The summed E-state index contributed by atoms with van der Waals surface area (Å²) >= 11 is 0. The molecule has 0 unspecified atom stereocenters. The van der Waals surface area contributed by atoms with Crippen LogP contribution in [0, 0.1) is 11.8 Å². The van der Waals surface area contributed by atoms with Crippen LogP contribution in [0.1, 0.15) is 188 Å². The standard InChI is InChI=1S/C36H70O5/c1-32(2)26-22-18-14-12-10-8-6-5-7-9-11-13-15-21-25-29-36(39)41-34(30-37)31-40-35(38)28-24-20-17-16-19-23-27-33(3)4/h32-34,37H,5-31H2,1-4H3/t34-/m0/s1. The predicted molar refractivity (Wildman–Crippen MR) is 173 cm³/mol. The molecule has 244 valence electrons. The molecular formula is C36H70O5. The first kappa shape index (κ1) is 39.9. The van der Waals surface area contributed by atoms with E-state index in [-0.39, 0.29) is 25.2 Å². The zero-order valence-electron chi connectivity index (χ0n) is 27.9.